The fourth-order valence-corrected chi connectivity index (χ4v) is 2.89. The molecule has 0 amide bonds. The minimum atomic E-state index is -0.125. The molecule has 0 bridgehead atoms. The summed E-state index contributed by atoms with van der Waals surface area (Å²) in [7, 11) is 0. The topological polar surface area (TPSA) is 76.6 Å². The van der Waals surface area contributed by atoms with Gasteiger partial charge in [0.25, 0.3) is 0 Å². The van der Waals surface area contributed by atoms with Crippen molar-refractivity contribution in [1.82, 2.24) is 9.97 Å². The van der Waals surface area contributed by atoms with E-state index in [4.69, 9.17) is 5.11 Å². The molecule has 1 aliphatic rings. The van der Waals surface area contributed by atoms with Gasteiger partial charge >= 0.3 is 0 Å². The number of aromatic nitrogens is 2. The predicted molar refractivity (Wildman–Crippen MR) is 103 cm³/mol. The molecule has 4 rings (SSSR count). The van der Waals surface area contributed by atoms with Gasteiger partial charge in [-0.3, -0.25) is 9.79 Å². The van der Waals surface area contributed by atoms with Crippen molar-refractivity contribution < 1.29 is 31.0 Å². The molecule has 1 N–H and O–H groups in total. The van der Waals surface area contributed by atoms with Crippen molar-refractivity contribution in [3.8, 4) is 0 Å². The van der Waals surface area contributed by atoms with Crippen LogP contribution >= 0.6 is 0 Å². The smallest absolute Gasteiger partial charge is 0.155 e. The molecule has 0 spiro atoms. The monoisotopic (exact) mass is 541 g/mol. The molecule has 142 valence electrons. The Morgan fingerprint density at radius 1 is 1.11 bits per heavy atom. The van der Waals surface area contributed by atoms with Crippen molar-refractivity contribution in [1.29, 1.82) is 0 Å². The largest absolute Gasteiger partial charge is 0.512 e. The number of hydrogen-bond donors (Lipinski definition) is 1. The van der Waals surface area contributed by atoms with E-state index in [9.17, 15) is 4.79 Å². The van der Waals surface area contributed by atoms with Gasteiger partial charge in [-0.25, -0.2) is 0 Å². The normalized spacial score (nSPS) is 15.3. The molecule has 1 aromatic heterocycles. The molecule has 0 radical (unpaired) electrons. The number of aliphatic hydroxyl groups excluding tert-OH is 1. The summed E-state index contributed by atoms with van der Waals surface area (Å²) in [5, 5.41) is 8.36. The van der Waals surface area contributed by atoms with Crippen LogP contribution in [0.1, 0.15) is 38.1 Å². The third-order valence-corrected chi connectivity index (χ3v) is 4.03. The summed E-state index contributed by atoms with van der Waals surface area (Å²) in [4.78, 5) is 23.9. The summed E-state index contributed by atoms with van der Waals surface area (Å²) in [5.41, 5.74) is 5.13. The van der Waals surface area contributed by atoms with Crippen molar-refractivity contribution >= 4 is 28.2 Å². The SMILES string of the molecule is CC(=O)/C=C(/C)O.CC1C(c2nc3ccccc3[n-]2)=Nc2ccccc21.[Pt]. The summed E-state index contributed by atoms with van der Waals surface area (Å²) >= 11 is 0. The van der Waals surface area contributed by atoms with E-state index in [1.165, 1.54) is 25.5 Å². The molecule has 5 nitrogen and oxygen atoms in total. The third kappa shape index (κ3) is 4.80. The number of nitrogens with zero attached hydrogens (tertiary/aromatic N) is 3. The number of rotatable bonds is 2. The zero-order valence-corrected chi connectivity index (χ0v) is 17.6. The molecule has 2 heterocycles. The molecule has 1 atom stereocenters. The number of allylic oxidation sites excluding steroid dienone is 2. The number of ketones is 1. The minimum Gasteiger partial charge on any atom is -0.512 e. The molecular weight excluding hydrogens is 521 g/mol. The van der Waals surface area contributed by atoms with Crippen molar-refractivity contribution in [2.75, 3.05) is 0 Å². The molecule has 0 aliphatic carbocycles. The van der Waals surface area contributed by atoms with Crippen LogP contribution in [0.2, 0.25) is 0 Å². The van der Waals surface area contributed by atoms with Crippen molar-refractivity contribution in [3.05, 3.63) is 71.8 Å². The number of fused-ring (bicyclic) bond motifs is 2. The van der Waals surface area contributed by atoms with Crippen molar-refractivity contribution in [2.24, 2.45) is 4.99 Å². The van der Waals surface area contributed by atoms with Crippen LogP contribution in [-0.4, -0.2) is 21.6 Å². The molecule has 3 aromatic rings. The summed E-state index contributed by atoms with van der Waals surface area (Å²) in [6.07, 6.45) is 1.17. The molecule has 1 aliphatic heterocycles. The molecule has 0 saturated heterocycles. The maximum atomic E-state index is 10.0. The zero-order valence-electron chi connectivity index (χ0n) is 15.3. The first-order chi connectivity index (χ1) is 12.5. The average molecular weight is 541 g/mol. The van der Waals surface area contributed by atoms with Gasteiger partial charge in [0.15, 0.2) is 5.78 Å². The number of aliphatic imine (C=N–C) groups is 1. The number of para-hydroxylation sites is 3. The van der Waals surface area contributed by atoms with E-state index in [2.05, 4.69) is 34.0 Å². The van der Waals surface area contributed by atoms with Crippen LogP contribution in [-0.2, 0) is 25.9 Å². The summed E-state index contributed by atoms with van der Waals surface area (Å²) in [6, 6.07) is 16.2. The van der Waals surface area contributed by atoms with Crippen LogP contribution in [0.25, 0.3) is 11.0 Å². The second-order valence-electron chi connectivity index (χ2n) is 6.21. The summed E-state index contributed by atoms with van der Waals surface area (Å²) in [5.74, 6) is 0.949. The molecule has 0 fully saturated rings. The number of carbonyl (C=O) groups is 1. The number of benzene rings is 2. The Labute approximate surface area is 172 Å². The van der Waals surface area contributed by atoms with E-state index in [1.54, 1.807) is 0 Å². The predicted octanol–water partition coefficient (Wildman–Crippen LogP) is 4.46. The number of imidazole rings is 1. The Morgan fingerprint density at radius 2 is 1.78 bits per heavy atom. The van der Waals surface area contributed by atoms with Gasteiger partial charge in [-0.2, -0.15) is 0 Å². The van der Waals surface area contributed by atoms with Crippen molar-refractivity contribution in [2.45, 2.75) is 26.7 Å². The van der Waals surface area contributed by atoms with E-state index < -0.39 is 0 Å². The first kappa shape index (κ1) is 20.8. The standard InChI is InChI=1S/C16H12N3.C5H8O2.Pt/c1-10-11-6-2-3-7-12(11)17-15(10)16-18-13-8-4-5-9-14(13)19-16;1-4(6)3-5(2)7;/h2-10H,1H3;3,6H,1-2H3;/q-1;;/b;4-3-;. The van der Waals surface area contributed by atoms with E-state index in [1.807, 2.05) is 36.4 Å². The van der Waals surface area contributed by atoms with E-state index in [0.29, 0.717) is 0 Å². The second kappa shape index (κ2) is 8.92. The van der Waals surface area contributed by atoms with Gasteiger partial charge in [-0.15, -0.1) is 0 Å². The van der Waals surface area contributed by atoms with Crippen molar-refractivity contribution in [3.63, 3.8) is 0 Å². The molecule has 1 unspecified atom stereocenters. The van der Waals surface area contributed by atoms with Crippen LogP contribution in [0.3, 0.4) is 0 Å². The van der Waals surface area contributed by atoms with Crippen LogP contribution in [0.15, 0.2) is 65.4 Å². The van der Waals surface area contributed by atoms with Gasteiger partial charge in [-0.1, -0.05) is 49.4 Å². The van der Waals surface area contributed by atoms with Gasteiger partial charge in [-0.05, 0) is 42.3 Å². The minimum absolute atomic E-state index is 0. The number of carbonyl (C=O) groups excluding carboxylic acids is 1. The van der Waals surface area contributed by atoms with Gasteiger partial charge in [0.05, 0.1) is 11.4 Å². The molecule has 27 heavy (non-hydrogen) atoms. The second-order valence-corrected chi connectivity index (χ2v) is 6.21. The van der Waals surface area contributed by atoms with Gasteiger partial charge in [0.2, 0.25) is 0 Å². The maximum Gasteiger partial charge on any atom is 0.155 e. The van der Waals surface area contributed by atoms with Crippen LogP contribution < -0.4 is 4.98 Å². The van der Waals surface area contributed by atoms with Gasteiger partial charge in [0.1, 0.15) is 0 Å². The summed E-state index contributed by atoms with van der Waals surface area (Å²) < 4.78 is 0. The quantitative estimate of drug-likeness (QED) is 0.384. The Bertz CT molecular complexity index is 984. The molecule has 6 heteroatoms. The Kier molecular flexibility index (Phi) is 6.86. The zero-order chi connectivity index (χ0) is 18.7. The molecule has 2 aromatic carbocycles. The Hall–Kier alpha value is -2.52. The fourth-order valence-electron chi connectivity index (χ4n) is 2.89. The first-order valence-electron chi connectivity index (χ1n) is 8.41. The van der Waals surface area contributed by atoms with Gasteiger partial charge < -0.3 is 15.1 Å². The Balaban J connectivity index is 0.000000285. The Morgan fingerprint density at radius 3 is 2.37 bits per heavy atom. The van der Waals surface area contributed by atoms with Crippen LogP contribution in [0.5, 0.6) is 0 Å². The number of aliphatic hydroxyl groups is 1. The van der Waals surface area contributed by atoms with Crippen LogP contribution in [0.4, 0.5) is 5.69 Å². The van der Waals surface area contributed by atoms with E-state index >= 15 is 0 Å². The van der Waals surface area contributed by atoms with Crippen LogP contribution in [0, 0.1) is 0 Å². The maximum absolute atomic E-state index is 10.0. The summed E-state index contributed by atoms with van der Waals surface area (Å²) in [6.45, 7) is 5.01. The third-order valence-electron chi connectivity index (χ3n) is 4.03. The molecular formula is C21H20N3O2Pt-. The van der Waals surface area contributed by atoms with Gasteiger partial charge in [0, 0.05) is 38.8 Å². The number of hydrogen-bond acceptors (Lipinski definition) is 4. The fraction of sp³-hybridized carbons (Fsp3) is 0.190. The molecule has 0 saturated carbocycles. The van der Waals surface area contributed by atoms with E-state index in [-0.39, 0.29) is 38.5 Å². The first-order valence-corrected chi connectivity index (χ1v) is 8.41. The average Bonchev–Trinajstić information content (AvgIpc) is 3.16. The van der Waals surface area contributed by atoms with E-state index in [0.717, 1.165) is 28.3 Å².